The fraction of sp³-hybridized carbons (Fsp3) is 0.174. The lowest BCUT2D eigenvalue weighted by Crippen LogP contribution is -2.36. The molecule has 2 aromatic carbocycles. The summed E-state index contributed by atoms with van der Waals surface area (Å²) in [5.41, 5.74) is 4.78. The van der Waals surface area contributed by atoms with Crippen LogP contribution in [0.1, 0.15) is 29.9 Å². The normalized spacial score (nSPS) is 15.0. The predicted molar refractivity (Wildman–Crippen MR) is 115 cm³/mol. The summed E-state index contributed by atoms with van der Waals surface area (Å²) >= 11 is 0. The minimum Gasteiger partial charge on any atom is -0.355 e. The van der Waals surface area contributed by atoms with Gasteiger partial charge in [-0.2, -0.15) is 0 Å². The van der Waals surface area contributed by atoms with Gasteiger partial charge in [0.1, 0.15) is 5.69 Å². The van der Waals surface area contributed by atoms with E-state index in [2.05, 4.69) is 21.7 Å². The molecule has 0 aliphatic carbocycles. The number of amides is 2. The Balaban J connectivity index is 1.57. The molecule has 0 saturated carbocycles. The molecule has 0 fully saturated rings. The van der Waals surface area contributed by atoms with E-state index in [4.69, 9.17) is 0 Å². The molecule has 0 bridgehead atoms. The Hall–Kier alpha value is -3.67. The molecule has 1 aliphatic rings. The van der Waals surface area contributed by atoms with Gasteiger partial charge in [-0.25, -0.2) is 0 Å². The Morgan fingerprint density at radius 2 is 1.76 bits per heavy atom. The maximum atomic E-state index is 13.2. The van der Waals surface area contributed by atoms with Gasteiger partial charge >= 0.3 is 0 Å². The van der Waals surface area contributed by atoms with Gasteiger partial charge in [0.25, 0.3) is 5.91 Å². The first kappa shape index (κ1) is 18.7. The standard InChI is InChI=1S/C23H22N4O2/c1-15-12-17-6-3-4-9-22(17)27(15)23(29)21-14-20(10-11-24-21)26-19-8-5-7-18(13-19)25-16(2)28/h3-11,13-15H,12H2,1-2H3,(H,24,26)(H,25,28). The summed E-state index contributed by atoms with van der Waals surface area (Å²) in [6.07, 6.45) is 2.47. The fourth-order valence-electron chi connectivity index (χ4n) is 3.67. The van der Waals surface area contributed by atoms with Crippen molar-refractivity contribution in [1.29, 1.82) is 0 Å². The fourth-order valence-corrected chi connectivity index (χ4v) is 3.67. The summed E-state index contributed by atoms with van der Waals surface area (Å²) in [7, 11) is 0. The van der Waals surface area contributed by atoms with E-state index >= 15 is 0 Å². The number of pyridine rings is 1. The van der Waals surface area contributed by atoms with Crippen molar-refractivity contribution in [2.75, 3.05) is 15.5 Å². The molecular weight excluding hydrogens is 364 g/mol. The van der Waals surface area contributed by atoms with Crippen molar-refractivity contribution in [2.45, 2.75) is 26.3 Å². The molecule has 146 valence electrons. The van der Waals surface area contributed by atoms with Crippen LogP contribution in [0.25, 0.3) is 0 Å². The topological polar surface area (TPSA) is 74.3 Å². The van der Waals surface area contributed by atoms with E-state index in [1.165, 1.54) is 12.5 Å². The Morgan fingerprint density at radius 3 is 2.59 bits per heavy atom. The molecule has 4 rings (SSSR count). The second-order valence-corrected chi connectivity index (χ2v) is 7.17. The molecule has 2 N–H and O–H groups in total. The number of nitrogens with zero attached hydrogens (tertiary/aromatic N) is 2. The summed E-state index contributed by atoms with van der Waals surface area (Å²) in [5.74, 6) is -0.239. The van der Waals surface area contributed by atoms with Crippen molar-refractivity contribution in [3.8, 4) is 0 Å². The molecule has 1 aromatic heterocycles. The quantitative estimate of drug-likeness (QED) is 0.698. The molecule has 1 aliphatic heterocycles. The van der Waals surface area contributed by atoms with Gasteiger partial charge in [-0.3, -0.25) is 14.6 Å². The van der Waals surface area contributed by atoms with Crippen LogP contribution in [0, 0.1) is 0 Å². The highest BCUT2D eigenvalue weighted by Crippen LogP contribution is 2.33. The number of fused-ring (bicyclic) bond motifs is 1. The van der Waals surface area contributed by atoms with E-state index in [1.807, 2.05) is 60.4 Å². The van der Waals surface area contributed by atoms with Gasteiger partial charge in [-0.1, -0.05) is 24.3 Å². The smallest absolute Gasteiger partial charge is 0.277 e. The lowest BCUT2D eigenvalue weighted by Gasteiger charge is -2.22. The Labute approximate surface area is 169 Å². The van der Waals surface area contributed by atoms with E-state index in [0.29, 0.717) is 11.4 Å². The molecule has 6 heteroatoms. The van der Waals surface area contributed by atoms with Crippen LogP contribution in [-0.2, 0) is 11.2 Å². The molecule has 0 saturated heterocycles. The second-order valence-electron chi connectivity index (χ2n) is 7.17. The Bertz CT molecular complexity index is 1080. The molecule has 0 radical (unpaired) electrons. The molecule has 0 spiro atoms. The van der Waals surface area contributed by atoms with Crippen molar-refractivity contribution >= 4 is 34.6 Å². The number of hydrogen-bond donors (Lipinski definition) is 2. The van der Waals surface area contributed by atoms with Crippen LogP contribution in [0.5, 0.6) is 0 Å². The molecule has 1 unspecified atom stereocenters. The maximum Gasteiger partial charge on any atom is 0.277 e. The van der Waals surface area contributed by atoms with E-state index < -0.39 is 0 Å². The van der Waals surface area contributed by atoms with E-state index in [-0.39, 0.29) is 17.9 Å². The third-order valence-corrected chi connectivity index (χ3v) is 4.88. The number of carbonyl (C=O) groups excluding carboxylic acids is 2. The average Bonchev–Trinajstić information content (AvgIpc) is 3.03. The number of rotatable bonds is 4. The van der Waals surface area contributed by atoms with Crippen molar-refractivity contribution in [3.05, 3.63) is 78.1 Å². The van der Waals surface area contributed by atoms with Crippen LogP contribution in [-0.4, -0.2) is 22.8 Å². The minimum atomic E-state index is -0.126. The van der Waals surface area contributed by atoms with Gasteiger partial charge in [-0.15, -0.1) is 0 Å². The van der Waals surface area contributed by atoms with Gasteiger partial charge in [0.05, 0.1) is 0 Å². The Kier molecular flexibility index (Phi) is 4.99. The third-order valence-electron chi connectivity index (χ3n) is 4.88. The van der Waals surface area contributed by atoms with Crippen molar-refractivity contribution in [1.82, 2.24) is 4.98 Å². The SMILES string of the molecule is CC(=O)Nc1cccc(Nc2ccnc(C(=O)N3c4ccccc4CC3C)c2)c1. The highest BCUT2D eigenvalue weighted by atomic mass is 16.2. The molecule has 3 aromatic rings. The minimum absolute atomic E-state index is 0.0904. The van der Waals surface area contributed by atoms with Crippen LogP contribution >= 0.6 is 0 Å². The number of aromatic nitrogens is 1. The molecule has 2 amide bonds. The molecule has 29 heavy (non-hydrogen) atoms. The summed E-state index contributed by atoms with van der Waals surface area (Å²) in [4.78, 5) is 30.6. The van der Waals surface area contributed by atoms with Crippen LogP contribution in [0.3, 0.4) is 0 Å². The van der Waals surface area contributed by atoms with Gasteiger partial charge in [0.2, 0.25) is 5.91 Å². The van der Waals surface area contributed by atoms with Gasteiger partial charge < -0.3 is 15.5 Å². The van der Waals surface area contributed by atoms with Crippen LogP contribution in [0.15, 0.2) is 66.9 Å². The zero-order chi connectivity index (χ0) is 20.4. The first-order valence-electron chi connectivity index (χ1n) is 9.53. The number of benzene rings is 2. The first-order valence-corrected chi connectivity index (χ1v) is 9.53. The molecule has 6 nitrogen and oxygen atoms in total. The van der Waals surface area contributed by atoms with Crippen molar-refractivity contribution < 1.29 is 9.59 Å². The van der Waals surface area contributed by atoms with Crippen LogP contribution < -0.4 is 15.5 Å². The summed E-state index contributed by atoms with van der Waals surface area (Å²) in [6, 6.07) is 19.0. The summed E-state index contributed by atoms with van der Waals surface area (Å²) < 4.78 is 0. The number of anilines is 4. The van der Waals surface area contributed by atoms with E-state index in [1.54, 1.807) is 12.3 Å². The number of para-hydroxylation sites is 1. The van der Waals surface area contributed by atoms with Crippen molar-refractivity contribution in [2.24, 2.45) is 0 Å². The monoisotopic (exact) mass is 386 g/mol. The lowest BCUT2D eigenvalue weighted by molar-refractivity contribution is -0.114. The number of carbonyl (C=O) groups is 2. The largest absolute Gasteiger partial charge is 0.355 e. The van der Waals surface area contributed by atoms with Gasteiger partial charge in [0.15, 0.2) is 0 Å². The van der Waals surface area contributed by atoms with E-state index in [0.717, 1.165) is 23.5 Å². The van der Waals surface area contributed by atoms with Gasteiger partial charge in [-0.05, 0) is 55.3 Å². The average molecular weight is 386 g/mol. The first-order chi connectivity index (χ1) is 14.0. The lowest BCUT2D eigenvalue weighted by atomic mass is 10.1. The maximum absolute atomic E-state index is 13.2. The number of nitrogens with one attached hydrogen (secondary N) is 2. The van der Waals surface area contributed by atoms with Crippen LogP contribution in [0.4, 0.5) is 22.7 Å². The molecular formula is C23H22N4O2. The third kappa shape index (κ3) is 3.96. The predicted octanol–water partition coefficient (Wildman–Crippen LogP) is 4.38. The molecule has 1 atom stereocenters. The Morgan fingerprint density at radius 1 is 1.00 bits per heavy atom. The molecule has 2 heterocycles. The zero-order valence-corrected chi connectivity index (χ0v) is 16.3. The second kappa shape index (κ2) is 7.75. The highest BCUT2D eigenvalue weighted by Gasteiger charge is 2.31. The summed E-state index contributed by atoms with van der Waals surface area (Å²) in [6.45, 7) is 3.52. The van der Waals surface area contributed by atoms with Crippen molar-refractivity contribution in [3.63, 3.8) is 0 Å². The summed E-state index contributed by atoms with van der Waals surface area (Å²) in [5, 5.41) is 6.03. The van der Waals surface area contributed by atoms with E-state index in [9.17, 15) is 9.59 Å². The van der Waals surface area contributed by atoms with Gasteiger partial charge in [0, 0.05) is 41.9 Å². The zero-order valence-electron chi connectivity index (χ0n) is 16.3. The van der Waals surface area contributed by atoms with Crippen LogP contribution in [0.2, 0.25) is 0 Å². The highest BCUT2D eigenvalue weighted by molar-refractivity contribution is 6.07. The number of hydrogen-bond acceptors (Lipinski definition) is 4.